The Balaban J connectivity index is 1.72. The second kappa shape index (κ2) is 5.47. The molecule has 0 radical (unpaired) electrons. The summed E-state index contributed by atoms with van der Waals surface area (Å²) in [5.41, 5.74) is 0.974. The van der Waals surface area contributed by atoms with Gasteiger partial charge in [0.1, 0.15) is 10.6 Å². The SMILES string of the molecule is O=S(=O)(c1cc(Br)cc2c1OCC2)N1CCC2CCC(C1)N2. The highest BCUT2D eigenvalue weighted by molar-refractivity contribution is 9.10. The van der Waals surface area contributed by atoms with Crippen molar-refractivity contribution in [3.05, 3.63) is 22.2 Å². The van der Waals surface area contributed by atoms with Gasteiger partial charge in [0, 0.05) is 41.6 Å². The number of halogens is 1. The Kier molecular flexibility index (Phi) is 3.71. The molecule has 5 nitrogen and oxygen atoms in total. The molecule has 22 heavy (non-hydrogen) atoms. The van der Waals surface area contributed by atoms with E-state index in [-0.39, 0.29) is 6.04 Å². The summed E-state index contributed by atoms with van der Waals surface area (Å²) in [4.78, 5) is 0.312. The summed E-state index contributed by atoms with van der Waals surface area (Å²) in [6.07, 6.45) is 3.87. The predicted octanol–water partition coefficient (Wildman–Crippen LogP) is 1.90. The van der Waals surface area contributed by atoms with Crippen LogP contribution in [0.5, 0.6) is 5.75 Å². The normalized spacial score (nSPS) is 28.2. The van der Waals surface area contributed by atoms with E-state index >= 15 is 0 Å². The third kappa shape index (κ3) is 2.48. The van der Waals surface area contributed by atoms with Crippen molar-refractivity contribution < 1.29 is 13.2 Å². The summed E-state index contributed by atoms with van der Waals surface area (Å²) < 4.78 is 34.3. The summed E-state index contributed by atoms with van der Waals surface area (Å²) in [6.45, 7) is 1.69. The van der Waals surface area contributed by atoms with Crippen molar-refractivity contribution in [1.29, 1.82) is 0 Å². The van der Waals surface area contributed by atoms with Gasteiger partial charge in [-0.05, 0) is 31.4 Å². The van der Waals surface area contributed by atoms with E-state index in [2.05, 4.69) is 21.2 Å². The Morgan fingerprint density at radius 1 is 1.23 bits per heavy atom. The third-order valence-corrected chi connectivity index (χ3v) is 7.15. The molecule has 3 aliphatic rings. The van der Waals surface area contributed by atoms with Crippen LogP contribution < -0.4 is 10.1 Å². The van der Waals surface area contributed by atoms with E-state index in [0.29, 0.717) is 36.4 Å². The van der Waals surface area contributed by atoms with Crippen LogP contribution in [0.4, 0.5) is 0 Å². The van der Waals surface area contributed by atoms with E-state index in [1.54, 1.807) is 10.4 Å². The lowest BCUT2D eigenvalue weighted by Crippen LogP contribution is -2.39. The lowest BCUT2D eigenvalue weighted by atomic mass is 10.1. The molecule has 1 N–H and O–H groups in total. The topological polar surface area (TPSA) is 58.6 Å². The van der Waals surface area contributed by atoms with Crippen molar-refractivity contribution in [2.75, 3.05) is 19.7 Å². The molecular formula is C15H19BrN2O3S. The zero-order valence-electron chi connectivity index (χ0n) is 12.2. The van der Waals surface area contributed by atoms with Gasteiger partial charge in [-0.2, -0.15) is 4.31 Å². The van der Waals surface area contributed by atoms with E-state index in [4.69, 9.17) is 4.74 Å². The maximum Gasteiger partial charge on any atom is 0.246 e. The fraction of sp³-hybridized carbons (Fsp3) is 0.600. The minimum Gasteiger partial charge on any atom is -0.492 e. The monoisotopic (exact) mass is 386 g/mol. The van der Waals surface area contributed by atoms with Gasteiger partial charge in [-0.25, -0.2) is 8.42 Å². The van der Waals surface area contributed by atoms with Gasteiger partial charge in [-0.1, -0.05) is 15.9 Å². The zero-order chi connectivity index (χ0) is 15.3. The molecule has 2 fully saturated rings. The molecule has 1 aromatic carbocycles. The molecule has 2 atom stereocenters. The van der Waals surface area contributed by atoms with Crippen LogP contribution in [-0.2, 0) is 16.4 Å². The first-order chi connectivity index (χ1) is 10.5. The average molecular weight is 387 g/mol. The standard InChI is InChI=1S/C15H19BrN2O3S/c16-11-7-10-4-6-21-15(10)14(8-11)22(19,20)18-5-3-12-1-2-13(9-18)17-12/h7-8,12-13,17H,1-6,9H2. The Morgan fingerprint density at radius 2 is 2.05 bits per heavy atom. The highest BCUT2D eigenvalue weighted by atomic mass is 79.9. The molecule has 7 heteroatoms. The van der Waals surface area contributed by atoms with Gasteiger partial charge in [0.25, 0.3) is 0 Å². The van der Waals surface area contributed by atoms with Crippen molar-refractivity contribution >= 4 is 26.0 Å². The molecule has 3 heterocycles. The Labute approximate surface area is 139 Å². The molecule has 0 spiro atoms. The van der Waals surface area contributed by atoms with Crippen LogP contribution >= 0.6 is 15.9 Å². The van der Waals surface area contributed by atoms with Gasteiger partial charge < -0.3 is 10.1 Å². The molecule has 2 unspecified atom stereocenters. The first-order valence-electron chi connectivity index (χ1n) is 7.75. The summed E-state index contributed by atoms with van der Waals surface area (Å²) in [5.74, 6) is 0.547. The average Bonchev–Trinajstić information content (AvgIpc) is 3.03. The van der Waals surface area contributed by atoms with Crippen LogP contribution in [0.3, 0.4) is 0 Å². The molecule has 120 valence electrons. The Hall–Kier alpha value is -0.630. The van der Waals surface area contributed by atoms with E-state index < -0.39 is 10.0 Å². The summed E-state index contributed by atoms with van der Waals surface area (Å²) >= 11 is 3.43. The smallest absolute Gasteiger partial charge is 0.246 e. The van der Waals surface area contributed by atoms with Crippen LogP contribution in [0.2, 0.25) is 0 Å². The Bertz CT molecular complexity index is 707. The highest BCUT2D eigenvalue weighted by Gasteiger charge is 2.37. The quantitative estimate of drug-likeness (QED) is 0.842. The number of hydrogen-bond donors (Lipinski definition) is 1. The predicted molar refractivity (Wildman–Crippen MR) is 86.7 cm³/mol. The molecule has 0 aromatic heterocycles. The van der Waals surface area contributed by atoms with Gasteiger partial charge in [0.2, 0.25) is 10.0 Å². The zero-order valence-corrected chi connectivity index (χ0v) is 14.6. The van der Waals surface area contributed by atoms with Crippen LogP contribution in [0.15, 0.2) is 21.5 Å². The molecule has 0 aliphatic carbocycles. The first kappa shape index (κ1) is 14.9. The summed E-state index contributed by atoms with van der Waals surface area (Å²) in [7, 11) is -3.52. The lowest BCUT2D eigenvalue weighted by Gasteiger charge is -2.24. The van der Waals surface area contributed by atoms with Crippen molar-refractivity contribution in [2.45, 2.75) is 42.7 Å². The fourth-order valence-electron chi connectivity index (χ4n) is 3.70. The first-order valence-corrected chi connectivity index (χ1v) is 9.99. The largest absolute Gasteiger partial charge is 0.492 e. The molecule has 0 amide bonds. The molecule has 2 bridgehead atoms. The van der Waals surface area contributed by atoms with Crippen LogP contribution in [-0.4, -0.2) is 44.5 Å². The van der Waals surface area contributed by atoms with Gasteiger partial charge in [-0.15, -0.1) is 0 Å². The molecule has 3 aliphatic heterocycles. The van der Waals surface area contributed by atoms with Gasteiger partial charge >= 0.3 is 0 Å². The number of nitrogens with zero attached hydrogens (tertiary/aromatic N) is 1. The van der Waals surface area contributed by atoms with E-state index in [1.807, 2.05) is 6.07 Å². The Morgan fingerprint density at radius 3 is 2.91 bits per heavy atom. The number of fused-ring (bicyclic) bond motifs is 3. The number of rotatable bonds is 2. The molecule has 1 aromatic rings. The van der Waals surface area contributed by atoms with E-state index in [0.717, 1.165) is 35.7 Å². The van der Waals surface area contributed by atoms with Gasteiger partial charge in [0.05, 0.1) is 6.61 Å². The maximum absolute atomic E-state index is 13.1. The summed E-state index contributed by atoms with van der Waals surface area (Å²) in [5, 5.41) is 3.52. The fourth-order valence-corrected chi connectivity index (χ4v) is 6.05. The van der Waals surface area contributed by atoms with E-state index in [9.17, 15) is 8.42 Å². The minimum atomic E-state index is -3.52. The number of sulfonamides is 1. The lowest BCUT2D eigenvalue weighted by molar-refractivity contribution is 0.343. The maximum atomic E-state index is 13.1. The molecule has 0 saturated carbocycles. The van der Waals surface area contributed by atoms with Crippen LogP contribution in [0, 0.1) is 0 Å². The van der Waals surface area contributed by atoms with Crippen molar-refractivity contribution in [3.63, 3.8) is 0 Å². The molecule has 2 saturated heterocycles. The molecular weight excluding hydrogens is 368 g/mol. The third-order valence-electron chi connectivity index (χ3n) is 4.82. The highest BCUT2D eigenvalue weighted by Crippen LogP contribution is 2.38. The summed E-state index contributed by atoms with van der Waals surface area (Å²) in [6, 6.07) is 4.38. The number of ether oxygens (including phenoxy) is 1. The number of benzene rings is 1. The second-order valence-corrected chi connectivity index (χ2v) is 9.10. The number of nitrogens with one attached hydrogen (secondary N) is 1. The number of hydrogen-bond acceptors (Lipinski definition) is 4. The van der Waals surface area contributed by atoms with E-state index in [1.165, 1.54) is 0 Å². The van der Waals surface area contributed by atoms with Crippen molar-refractivity contribution in [2.24, 2.45) is 0 Å². The molecule has 4 rings (SSSR count). The van der Waals surface area contributed by atoms with Gasteiger partial charge in [0.15, 0.2) is 0 Å². The van der Waals surface area contributed by atoms with Crippen molar-refractivity contribution in [3.8, 4) is 5.75 Å². The van der Waals surface area contributed by atoms with Crippen LogP contribution in [0.1, 0.15) is 24.8 Å². The van der Waals surface area contributed by atoms with Crippen LogP contribution in [0.25, 0.3) is 0 Å². The second-order valence-electron chi connectivity index (χ2n) is 6.28. The van der Waals surface area contributed by atoms with Crippen molar-refractivity contribution in [1.82, 2.24) is 9.62 Å². The minimum absolute atomic E-state index is 0.281. The van der Waals surface area contributed by atoms with Gasteiger partial charge in [-0.3, -0.25) is 0 Å².